The maximum atomic E-state index is 6.12. The number of nitrogens with zero attached hydrogens (tertiary/aromatic N) is 1. The second-order valence-corrected chi connectivity index (χ2v) is 4.91. The van der Waals surface area contributed by atoms with Crippen molar-refractivity contribution in [2.24, 2.45) is 16.6 Å². The van der Waals surface area contributed by atoms with Crippen LogP contribution in [-0.2, 0) is 0 Å². The Morgan fingerprint density at radius 2 is 1.79 bits per heavy atom. The van der Waals surface area contributed by atoms with Gasteiger partial charge in [0.15, 0.2) is 11.5 Å². The molecule has 2 rings (SSSR count). The van der Waals surface area contributed by atoms with Crippen molar-refractivity contribution in [3.63, 3.8) is 0 Å². The lowest BCUT2D eigenvalue weighted by atomic mass is 9.88. The van der Waals surface area contributed by atoms with Crippen LogP contribution in [0.5, 0.6) is 11.5 Å². The molecule has 1 aromatic carbocycles. The van der Waals surface area contributed by atoms with Crippen molar-refractivity contribution in [1.82, 2.24) is 0 Å². The smallest absolute Gasteiger partial charge is 0.162 e. The van der Waals surface area contributed by atoms with Gasteiger partial charge < -0.3 is 15.2 Å². The van der Waals surface area contributed by atoms with Gasteiger partial charge in [-0.25, -0.2) is 4.99 Å². The second kappa shape index (κ2) is 6.45. The first-order chi connectivity index (χ1) is 9.24. The van der Waals surface area contributed by atoms with Crippen molar-refractivity contribution in [3.8, 4) is 11.5 Å². The molecule has 0 saturated heterocycles. The van der Waals surface area contributed by atoms with Gasteiger partial charge in [0.2, 0.25) is 0 Å². The summed E-state index contributed by atoms with van der Waals surface area (Å²) in [6.45, 7) is 0. The summed E-state index contributed by atoms with van der Waals surface area (Å²) in [6.07, 6.45) is 6.14. The van der Waals surface area contributed by atoms with E-state index in [9.17, 15) is 0 Å². The van der Waals surface area contributed by atoms with Crippen molar-refractivity contribution >= 4 is 11.5 Å². The van der Waals surface area contributed by atoms with Crippen molar-refractivity contribution in [2.45, 2.75) is 32.1 Å². The molecule has 1 saturated carbocycles. The topological polar surface area (TPSA) is 56.8 Å². The van der Waals surface area contributed by atoms with Crippen LogP contribution in [0.4, 0.5) is 5.69 Å². The minimum absolute atomic E-state index is 0.432. The van der Waals surface area contributed by atoms with Crippen LogP contribution in [0, 0.1) is 5.92 Å². The number of nitrogens with two attached hydrogens (primary N) is 1. The van der Waals surface area contributed by atoms with Crippen LogP contribution < -0.4 is 15.2 Å². The summed E-state index contributed by atoms with van der Waals surface area (Å²) in [7, 11) is 3.24. The summed E-state index contributed by atoms with van der Waals surface area (Å²) in [6, 6.07) is 5.61. The molecule has 0 amide bonds. The van der Waals surface area contributed by atoms with Gasteiger partial charge >= 0.3 is 0 Å². The Kier molecular flexibility index (Phi) is 4.66. The normalized spacial score (nSPS) is 17.3. The van der Waals surface area contributed by atoms with Gasteiger partial charge in [-0.05, 0) is 25.0 Å². The number of amidine groups is 1. The summed E-state index contributed by atoms with van der Waals surface area (Å²) in [5.41, 5.74) is 6.94. The summed E-state index contributed by atoms with van der Waals surface area (Å²) < 4.78 is 10.5. The Labute approximate surface area is 114 Å². The number of methoxy groups -OCH3 is 2. The number of hydrogen-bond donors (Lipinski definition) is 1. The molecule has 4 nitrogen and oxygen atoms in total. The second-order valence-electron chi connectivity index (χ2n) is 4.91. The van der Waals surface area contributed by atoms with E-state index in [0.29, 0.717) is 17.4 Å². The molecule has 0 heterocycles. The number of hydrogen-bond acceptors (Lipinski definition) is 3. The minimum Gasteiger partial charge on any atom is -0.493 e. The van der Waals surface area contributed by atoms with Crippen molar-refractivity contribution < 1.29 is 9.47 Å². The third-order valence-electron chi connectivity index (χ3n) is 3.65. The lowest BCUT2D eigenvalue weighted by Gasteiger charge is -2.20. The zero-order valence-electron chi connectivity index (χ0n) is 11.7. The van der Waals surface area contributed by atoms with E-state index in [-0.39, 0.29) is 0 Å². The summed E-state index contributed by atoms with van der Waals surface area (Å²) >= 11 is 0. The van der Waals surface area contributed by atoms with Crippen LogP contribution in [0.2, 0.25) is 0 Å². The maximum absolute atomic E-state index is 6.12. The lowest BCUT2D eigenvalue weighted by Crippen LogP contribution is -2.25. The van der Waals surface area contributed by atoms with Crippen LogP contribution in [-0.4, -0.2) is 20.1 Å². The fourth-order valence-corrected chi connectivity index (χ4v) is 2.53. The maximum Gasteiger partial charge on any atom is 0.162 e. The molecule has 4 heteroatoms. The average Bonchev–Trinajstić information content (AvgIpc) is 2.48. The molecule has 1 fully saturated rings. The zero-order chi connectivity index (χ0) is 13.7. The highest BCUT2D eigenvalue weighted by atomic mass is 16.5. The number of aliphatic imine (C=N–C) groups is 1. The first-order valence-electron chi connectivity index (χ1n) is 6.80. The van der Waals surface area contributed by atoms with E-state index in [1.165, 1.54) is 19.3 Å². The molecular formula is C15H22N2O2. The van der Waals surface area contributed by atoms with Gasteiger partial charge in [0, 0.05) is 12.0 Å². The molecule has 0 spiro atoms. The highest BCUT2D eigenvalue weighted by molar-refractivity contribution is 5.85. The van der Waals surface area contributed by atoms with Gasteiger partial charge in [-0.3, -0.25) is 0 Å². The Bertz CT molecular complexity index is 451. The van der Waals surface area contributed by atoms with Crippen LogP contribution in [0.3, 0.4) is 0 Å². The molecule has 0 aromatic heterocycles. The molecule has 1 aliphatic rings. The first-order valence-corrected chi connectivity index (χ1v) is 6.80. The quantitative estimate of drug-likeness (QED) is 0.669. The van der Waals surface area contributed by atoms with E-state index >= 15 is 0 Å². The van der Waals surface area contributed by atoms with Gasteiger partial charge in [-0.15, -0.1) is 0 Å². The summed E-state index contributed by atoms with van der Waals surface area (Å²) in [5, 5.41) is 0. The molecule has 1 aromatic rings. The monoisotopic (exact) mass is 262 g/mol. The number of rotatable bonds is 4. The summed E-state index contributed by atoms with van der Waals surface area (Å²) in [4.78, 5) is 4.53. The molecule has 0 bridgehead atoms. The largest absolute Gasteiger partial charge is 0.493 e. The highest BCUT2D eigenvalue weighted by Crippen LogP contribution is 2.32. The molecule has 1 aliphatic carbocycles. The van der Waals surface area contributed by atoms with Crippen LogP contribution >= 0.6 is 0 Å². The molecule has 0 radical (unpaired) electrons. The minimum atomic E-state index is 0.432. The first kappa shape index (κ1) is 13.7. The molecule has 2 N–H and O–H groups in total. The van der Waals surface area contributed by atoms with E-state index < -0.39 is 0 Å². The molecule has 19 heavy (non-hydrogen) atoms. The highest BCUT2D eigenvalue weighted by Gasteiger charge is 2.17. The van der Waals surface area contributed by atoms with E-state index in [1.54, 1.807) is 14.2 Å². The van der Waals surface area contributed by atoms with Crippen molar-refractivity contribution in [1.29, 1.82) is 0 Å². The fourth-order valence-electron chi connectivity index (χ4n) is 2.53. The van der Waals surface area contributed by atoms with E-state index in [1.807, 2.05) is 18.2 Å². The average molecular weight is 262 g/mol. The SMILES string of the molecule is COc1ccc(N=C(N)C2CCCCC2)cc1OC. The molecule has 104 valence electrons. The van der Waals surface area contributed by atoms with Gasteiger partial charge in [-0.1, -0.05) is 19.3 Å². The number of benzene rings is 1. The predicted molar refractivity (Wildman–Crippen MR) is 77.4 cm³/mol. The van der Waals surface area contributed by atoms with Gasteiger partial charge in [0.1, 0.15) is 5.84 Å². The standard InChI is InChI=1S/C15H22N2O2/c1-18-13-9-8-12(10-14(13)19-2)17-15(16)11-6-4-3-5-7-11/h8-11H,3-7H2,1-2H3,(H2,16,17). The van der Waals surface area contributed by atoms with Gasteiger partial charge in [0.25, 0.3) is 0 Å². The fraction of sp³-hybridized carbons (Fsp3) is 0.533. The molecular weight excluding hydrogens is 240 g/mol. The van der Waals surface area contributed by atoms with Gasteiger partial charge in [-0.2, -0.15) is 0 Å². The Morgan fingerprint density at radius 1 is 1.11 bits per heavy atom. The van der Waals surface area contributed by atoms with Crippen LogP contribution in [0.25, 0.3) is 0 Å². The van der Waals surface area contributed by atoms with Crippen LogP contribution in [0.15, 0.2) is 23.2 Å². The predicted octanol–water partition coefficient (Wildman–Crippen LogP) is 3.27. The third-order valence-corrected chi connectivity index (χ3v) is 3.65. The summed E-state index contributed by atoms with van der Waals surface area (Å²) in [5.74, 6) is 2.56. The zero-order valence-corrected chi connectivity index (χ0v) is 11.7. The van der Waals surface area contributed by atoms with Crippen molar-refractivity contribution in [2.75, 3.05) is 14.2 Å². The number of ether oxygens (including phenoxy) is 2. The molecule has 0 unspecified atom stereocenters. The lowest BCUT2D eigenvalue weighted by molar-refractivity contribution is 0.355. The van der Waals surface area contributed by atoms with Crippen LogP contribution in [0.1, 0.15) is 32.1 Å². The van der Waals surface area contributed by atoms with Gasteiger partial charge in [0.05, 0.1) is 19.9 Å². The van der Waals surface area contributed by atoms with E-state index in [4.69, 9.17) is 15.2 Å². The Hall–Kier alpha value is -1.71. The van der Waals surface area contributed by atoms with E-state index in [2.05, 4.69) is 4.99 Å². The Morgan fingerprint density at radius 3 is 2.42 bits per heavy atom. The molecule has 0 atom stereocenters. The third kappa shape index (κ3) is 3.40. The molecule has 0 aliphatic heterocycles. The van der Waals surface area contributed by atoms with Crippen molar-refractivity contribution in [3.05, 3.63) is 18.2 Å². The Balaban J connectivity index is 2.16. The van der Waals surface area contributed by atoms with E-state index in [0.717, 1.165) is 24.4 Å².